The van der Waals surface area contributed by atoms with Crippen LogP contribution < -0.4 is 21.3 Å². The van der Waals surface area contributed by atoms with Crippen molar-refractivity contribution in [3.05, 3.63) is 74.4 Å². The molecule has 3 heterocycles. The van der Waals surface area contributed by atoms with E-state index in [1.54, 1.807) is 43.9 Å². The van der Waals surface area contributed by atoms with Gasteiger partial charge in [-0.15, -0.1) is 0 Å². The number of ether oxygens (including phenoxy) is 2. The van der Waals surface area contributed by atoms with Crippen LogP contribution in [-0.4, -0.2) is 55.3 Å². The maximum absolute atomic E-state index is 14.7. The zero-order valence-electron chi connectivity index (χ0n) is 26.4. The van der Waals surface area contributed by atoms with Crippen molar-refractivity contribution < 1.29 is 23.8 Å². The third kappa shape index (κ3) is 6.34. The minimum Gasteiger partial charge on any atom is -0.496 e. The Morgan fingerprint density at radius 2 is 1.93 bits per heavy atom. The van der Waals surface area contributed by atoms with Crippen LogP contribution in [0.1, 0.15) is 70.6 Å². The molecule has 0 spiro atoms. The summed E-state index contributed by atoms with van der Waals surface area (Å²) in [6, 6.07) is 5.66. The van der Waals surface area contributed by atoms with Gasteiger partial charge in [0, 0.05) is 29.6 Å². The highest BCUT2D eigenvalue weighted by atomic mass is 32.1. The summed E-state index contributed by atoms with van der Waals surface area (Å²) in [6.07, 6.45) is 4.12. The predicted octanol–water partition coefficient (Wildman–Crippen LogP) is 4.19. The van der Waals surface area contributed by atoms with E-state index in [-0.39, 0.29) is 24.1 Å². The standard InChI is InChI=1S/C32H40FN5O6S/c1-18(2)35-30(41)32(4,5)38-27(40)26-19(3)28(37-15-7-14-34-37)45-29(26)36(31(38)42)17-25(44-22-11-9-21(39)10-12-22)23-16-20(33)8-13-24(23)43-6/h7-8,13-16,18,21-22,25,39H,9-12,17H2,1-6H3,(H,35,41). The molecule has 3 aromatic heterocycles. The summed E-state index contributed by atoms with van der Waals surface area (Å²) in [7, 11) is 1.48. The van der Waals surface area contributed by atoms with Crippen LogP contribution in [0.25, 0.3) is 15.2 Å². The first-order chi connectivity index (χ1) is 21.3. The Morgan fingerprint density at radius 3 is 2.56 bits per heavy atom. The van der Waals surface area contributed by atoms with Crippen molar-refractivity contribution in [3.8, 4) is 10.8 Å². The minimum absolute atomic E-state index is 0.102. The van der Waals surface area contributed by atoms with Gasteiger partial charge in [-0.05, 0) is 84.6 Å². The SMILES string of the molecule is COc1ccc(F)cc1C(Cn1c(=O)n(C(C)(C)C(=O)NC(C)C)c(=O)c2c(C)c(-n3cccn3)sc21)OC1CCC(O)CC1. The Morgan fingerprint density at radius 1 is 1.22 bits per heavy atom. The molecule has 1 aromatic carbocycles. The van der Waals surface area contributed by atoms with E-state index in [0.29, 0.717) is 52.4 Å². The van der Waals surface area contributed by atoms with Crippen molar-refractivity contribution in [1.29, 1.82) is 0 Å². The third-order valence-electron chi connectivity index (χ3n) is 8.32. The molecule has 1 amide bonds. The van der Waals surface area contributed by atoms with Crippen LogP contribution in [0.2, 0.25) is 0 Å². The van der Waals surface area contributed by atoms with Crippen LogP contribution >= 0.6 is 11.3 Å². The number of hydrogen-bond donors (Lipinski definition) is 2. The fraction of sp³-hybridized carbons (Fsp3) is 0.500. The van der Waals surface area contributed by atoms with Crippen molar-refractivity contribution in [1.82, 2.24) is 24.2 Å². The molecule has 1 atom stereocenters. The van der Waals surface area contributed by atoms with Crippen molar-refractivity contribution >= 4 is 27.5 Å². The van der Waals surface area contributed by atoms with Crippen molar-refractivity contribution in [2.75, 3.05) is 7.11 Å². The molecule has 0 bridgehead atoms. The molecular weight excluding hydrogens is 601 g/mol. The summed E-state index contributed by atoms with van der Waals surface area (Å²) in [5.74, 6) is -0.602. The van der Waals surface area contributed by atoms with Gasteiger partial charge in [-0.3, -0.25) is 14.2 Å². The lowest BCUT2D eigenvalue weighted by atomic mass is 9.94. The van der Waals surface area contributed by atoms with E-state index in [2.05, 4.69) is 10.4 Å². The zero-order chi connectivity index (χ0) is 32.6. The van der Waals surface area contributed by atoms with E-state index in [9.17, 15) is 23.9 Å². The number of aryl methyl sites for hydroxylation is 1. The van der Waals surface area contributed by atoms with Gasteiger partial charge >= 0.3 is 5.69 Å². The second-order valence-corrected chi connectivity index (χ2v) is 13.3. The molecule has 0 aliphatic heterocycles. The number of methoxy groups -OCH3 is 1. The molecule has 1 aliphatic rings. The van der Waals surface area contributed by atoms with Crippen LogP contribution in [0.4, 0.5) is 4.39 Å². The number of nitrogens with zero attached hydrogens (tertiary/aromatic N) is 4. The molecule has 45 heavy (non-hydrogen) atoms. The number of benzene rings is 1. The normalized spacial score (nSPS) is 18.0. The summed E-state index contributed by atoms with van der Waals surface area (Å²) in [6.45, 7) is 8.36. The van der Waals surface area contributed by atoms with Gasteiger partial charge in [-0.1, -0.05) is 11.3 Å². The van der Waals surface area contributed by atoms with E-state index in [1.807, 2.05) is 0 Å². The number of hydrogen-bond acceptors (Lipinski definition) is 8. The average molecular weight is 642 g/mol. The highest BCUT2D eigenvalue weighted by molar-refractivity contribution is 7.21. The number of rotatable bonds is 10. The molecule has 0 saturated heterocycles. The second-order valence-electron chi connectivity index (χ2n) is 12.3. The van der Waals surface area contributed by atoms with Gasteiger partial charge in [0.25, 0.3) is 5.56 Å². The van der Waals surface area contributed by atoms with Crippen LogP contribution in [0.5, 0.6) is 5.75 Å². The molecule has 1 fully saturated rings. The maximum atomic E-state index is 14.7. The Balaban J connectivity index is 1.75. The Kier molecular flexibility index (Phi) is 9.33. The number of aliphatic hydroxyl groups is 1. The van der Waals surface area contributed by atoms with E-state index < -0.39 is 40.7 Å². The van der Waals surface area contributed by atoms with Gasteiger partial charge in [0.05, 0.1) is 31.2 Å². The lowest BCUT2D eigenvalue weighted by molar-refractivity contribution is -0.129. The van der Waals surface area contributed by atoms with E-state index >= 15 is 0 Å². The Bertz CT molecular complexity index is 1800. The molecule has 1 unspecified atom stereocenters. The van der Waals surface area contributed by atoms with Crippen molar-refractivity contribution in [3.63, 3.8) is 0 Å². The lowest BCUT2D eigenvalue weighted by Gasteiger charge is -2.31. The van der Waals surface area contributed by atoms with Gasteiger partial charge in [0.2, 0.25) is 5.91 Å². The van der Waals surface area contributed by atoms with Crippen LogP contribution in [0.15, 0.2) is 46.2 Å². The topological polar surface area (TPSA) is 130 Å². The number of thiophene rings is 1. The molecule has 1 saturated carbocycles. The number of nitrogens with one attached hydrogen (secondary N) is 1. The molecule has 13 heteroatoms. The molecule has 11 nitrogen and oxygen atoms in total. The number of aromatic nitrogens is 4. The molecule has 5 rings (SSSR count). The molecule has 1 aliphatic carbocycles. The number of carbonyl (C=O) groups excluding carboxylic acids is 1. The highest BCUT2D eigenvalue weighted by Crippen LogP contribution is 2.36. The second kappa shape index (κ2) is 12.9. The number of halogens is 1. The fourth-order valence-electron chi connectivity index (χ4n) is 5.89. The minimum atomic E-state index is -1.55. The highest BCUT2D eigenvalue weighted by Gasteiger charge is 2.37. The first-order valence-electron chi connectivity index (χ1n) is 15.1. The van der Waals surface area contributed by atoms with E-state index in [4.69, 9.17) is 9.47 Å². The number of fused-ring (bicyclic) bond motifs is 1. The van der Waals surface area contributed by atoms with Crippen molar-refractivity contribution in [2.45, 2.75) is 96.7 Å². The smallest absolute Gasteiger partial charge is 0.333 e. The first-order valence-corrected chi connectivity index (χ1v) is 15.9. The summed E-state index contributed by atoms with van der Waals surface area (Å²) in [4.78, 5) is 42.5. The van der Waals surface area contributed by atoms with E-state index in [0.717, 1.165) is 4.57 Å². The van der Waals surface area contributed by atoms with Gasteiger partial charge in [0.15, 0.2) is 0 Å². The summed E-state index contributed by atoms with van der Waals surface area (Å²) in [5, 5.41) is 18.2. The van der Waals surface area contributed by atoms with Crippen LogP contribution in [0.3, 0.4) is 0 Å². The van der Waals surface area contributed by atoms with Crippen molar-refractivity contribution in [2.24, 2.45) is 0 Å². The molecular formula is C32H40FN5O6S. The van der Waals surface area contributed by atoms with E-state index in [1.165, 1.54) is 55.1 Å². The average Bonchev–Trinajstić information content (AvgIpc) is 3.63. The monoisotopic (exact) mass is 641 g/mol. The molecule has 4 aromatic rings. The zero-order valence-corrected chi connectivity index (χ0v) is 27.2. The molecule has 0 radical (unpaired) electrons. The largest absolute Gasteiger partial charge is 0.496 e. The van der Waals surface area contributed by atoms with Gasteiger partial charge < -0.3 is 19.9 Å². The predicted molar refractivity (Wildman–Crippen MR) is 170 cm³/mol. The maximum Gasteiger partial charge on any atom is 0.333 e. The number of carbonyl (C=O) groups is 1. The Hall–Kier alpha value is -3.81. The summed E-state index contributed by atoms with van der Waals surface area (Å²) >= 11 is 1.23. The Labute approximate surface area is 264 Å². The lowest BCUT2D eigenvalue weighted by Crippen LogP contribution is -2.56. The first kappa shape index (κ1) is 32.6. The fourth-order valence-corrected chi connectivity index (χ4v) is 7.13. The van der Waals surface area contributed by atoms with Gasteiger partial charge in [-0.25, -0.2) is 18.4 Å². The quantitative estimate of drug-likeness (QED) is 0.266. The third-order valence-corrected chi connectivity index (χ3v) is 9.63. The van der Waals surface area contributed by atoms with Gasteiger partial charge in [-0.2, -0.15) is 5.10 Å². The summed E-state index contributed by atoms with van der Waals surface area (Å²) < 4.78 is 31.0. The van der Waals surface area contributed by atoms with Crippen LogP contribution in [0, 0.1) is 12.7 Å². The molecule has 2 N–H and O–H groups in total. The summed E-state index contributed by atoms with van der Waals surface area (Å²) in [5.41, 5.74) is -1.84. The molecule has 242 valence electrons. The van der Waals surface area contributed by atoms with Crippen LogP contribution in [-0.2, 0) is 21.6 Å². The number of amides is 1. The van der Waals surface area contributed by atoms with Gasteiger partial charge in [0.1, 0.15) is 33.0 Å². The number of aliphatic hydroxyl groups excluding tert-OH is 1.